The molecule has 0 bridgehead atoms. The maximum absolute atomic E-state index is 12.8. The van der Waals surface area contributed by atoms with Crippen molar-refractivity contribution in [1.82, 2.24) is 5.32 Å². The van der Waals surface area contributed by atoms with Gasteiger partial charge in [-0.15, -0.1) is 0 Å². The molecule has 2 aromatic rings. The molecule has 1 amide bonds. The summed E-state index contributed by atoms with van der Waals surface area (Å²) in [6, 6.07) is 12.6. The lowest BCUT2D eigenvalue weighted by molar-refractivity contribution is -0.112. The van der Waals surface area contributed by atoms with Crippen molar-refractivity contribution in [2.75, 3.05) is 11.9 Å². The highest BCUT2D eigenvalue weighted by Crippen LogP contribution is 2.25. The van der Waals surface area contributed by atoms with Crippen LogP contribution in [-0.2, 0) is 11.2 Å². The highest BCUT2D eigenvalue weighted by atomic mass is 35.5. The number of nitrogens with one attached hydrogen (secondary N) is 2. The minimum Gasteiger partial charge on any atom is -0.389 e. The Labute approximate surface area is 154 Å². The van der Waals surface area contributed by atoms with Gasteiger partial charge in [0.15, 0.2) is 0 Å². The van der Waals surface area contributed by atoms with E-state index in [1.54, 1.807) is 24.3 Å². The smallest absolute Gasteiger partial charge is 0.267 e. The van der Waals surface area contributed by atoms with Crippen LogP contribution in [0.2, 0.25) is 10.0 Å². The molecule has 0 fully saturated rings. The van der Waals surface area contributed by atoms with E-state index >= 15 is 0 Å². The third-order valence-electron chi connectivity index (χ3n) is 3.26. The number of nitrogens with zero attached hydrogens (tertiary/aromatic N) is 1. The number of amides is 1. The summed E-state index contributed by atoms with van der Waals surface area (Å²) in [6.07, 6.45) is 1.95. The van der Waals surface area contributed by atoms with E-state index in [-0.39, 0.29) is 11.4 Å². The van der Waals surface area contributed by atoms with Crippen molar-refractivity contribution in [2.45, 2.75) is 6.42 Å². The van der Waals surface area contributed by atoms with Gasteiger partial charge in [0.2, 0.25) is 0 Å². The molecular weight excluding hydrogens is 364 g/mol. The molecule has 0 aliphatic heterocycles. The molecule has 0 saturated carbocycles. The highest BCUT2D eigenvalue weighted by molar-refractivity contribution is 6.35. The fourth-order valence-corrected chi connectivity index (χ4v) is 2.31. The first kappa shape index (κ1) is 18.8. The molecule has 0 atom stereocenters. The van der Waals surface area contributed by atoms with Gasteiger partial charge in [-0.05, 0) is 42.3 Å². The van der Waals surface area contributed by atoms with Gasteiger partial charge in [-0.2, -0.15) is 5.26 Å². The Bertz CT molecular complexity index is 829. The Morgan fingerprint density at radius 2 is 1.92 bits per heavy atom. The summed E-state index contributed by atoms with van der Waals surface area (Å²) in [5.74, 6) is -0.888. The molecule has 7 heteroatoms. The lowest BCUT2D eigenvalue weighted by atomic mass is 10.1. The second kappa shape index (κ2) is 9.07. The normalized spacial score (nSPS) is 10.9. The molecule has 0 aliphatic carbocycles. The number of nitriles is 1. The summed E-state index contributed by atoms with van der Waals surface area (Å²) in [6.45, 7) is 0.488. The van der Waals surface area contributed by atoms with E-state index in [0.29, 0.717) is 28.7 Å². The summed E-state index contributed by atoms with van der Waals surface area (Å²) in [7, 11) is 0. The van der Waals surface area contributed by atoms with Gasteiger partial charge >= 0.3 is 0 Å². The van der Waals surface area contributed by atoms with Crippen LogP contribution in [0.3, 0.4) is 0 Å². The van der Waals surface area contributed by atoms with E-state index in [1.807, 2.05) is 6.07 Å². The Balaban J connectivity index is 1.92. The van der Waals surface area contributed by atoms with E-state index in [2.05, 4.69) is 10.6 Å². The van der Waals surface area contributed by atoms with Crippen LogP contribution in [0, 0.1) is 17.1 Å². The van der Waals surface area contributed by atoms with Crippen molar-refractivity contribution in [2.24, 2.45) is 0 Å². The van der Waals surface area contributed by atoms with Crippen molar-refractivity contribution in [3.8, 4) is 6.07 Å². The molecule has 2 aromatic carbocycles. The van der Waals surface area contributed by atoms with Gasteiger partial charge in [-0.25, -0.2) is 4.39 Å². The van der Waals surface area contributed by atoms with E-state index in [1.165, 1.54) is 24.4 Å². The zero-order chi connectivity index (χ0) is 18.2. The number of carbonyl (C=O) groups is 1. The van der Waals surface area contributed by atoms with Crippen molar-refractivity contribution in [1.29, 1.82) is 5.26 Å². The summed E-state index contributed by atoms with van der Waals surface area (Å²) >= 11 is 11.8. The van der Waals surface area contributed by atoms with E-state index < -0.39 is 5.91 Å². The molecule has 0 spiro atoms. The fraction of sp³-hybridized carbons (Fsp3) is 0.111. The summed E-state index contributed by atoms with van der Waals surface area (Å²) in [5, 5.41) is 15.3. The topological polar surface area (TPSA) is 64.9 Å². The van der Waals surface area contributed by atoms with E-state index in [4.69, 9.17) is 28.5 Å². The molecule has 0 unspecified atom stereocenters. The lowest BCUT2D eigenvalue weighted by Crippen LogP contribution is -2.18. The zero-order valence-electron chi connectivity index (χ0n) is 13.0. The van der Waals surface area contributed by atoms with Crippen LogP contribution in [0.5, 0.6) is 0 Å². The largest absolute Gasteiger partial charge is 0.389 e. The van der Waals surface area contributed by atoms with Crippen molar-refractivity contribution in [3.05, 3.63) is 75.7 Å². The maximum atomic E-state index is 12.8. The van der Waals surface area contributed by atoms with Crippen LogP contribution in [0.15, 0.2) is 54.2 Å². The molecule has 0 saturated heterocycles. The van der Waals surface area contributed by atoms with Crippen molar-refractivity contribution < 1.29 is 9.18 Å². The number of benzene rings is 2. The third kappa shape index (κ3) is 5.79. The van der Waals surface area contributed by atoms with Gasteiger partial charge < -0.3 is 10.6 Å². The molecular formula is C18H14Cl2FN3O. The fourth-order valence-electron chi connectivity index (χ4n) is 1.97. The molecule has 0 aliphatic rings. The van der Waals surface area contributed by atoms with Gasteiger partial charge in [0.05, 0.1) is 10.7 Å². The first-order valence-electron chi connectivity index (χ1n) is 7.34. The zero-order valence-corrected chi connectivity index (χ0v) is 14.5. The van der Waals surface area contributed by atoms with E-state index in [0.717, 1.165) is 5.56 Å². The van der Waals surface area contributed by atoms with Gasteiger partial charge in [0.1, 0.15) is 17.5 Å². The Morgan fingerprint density at radius 1 is 1.20 bits per heavy atom. The maximum Gasteiger partial charge on any atom is 0.267 e. The third-order valence-corrected chi connectivity index (χ3v) is 3.82. The van der Waals surface area contributed by atoms with Crippen LogP contribution in [-0.4, -0.2) is 12.5 Å². The minimum atomic E-state index is -0.596. The van der Waals surface area contributed by atoms with Crippen LogP contribution in [0.1, 0.15) is 5.56 Å². The molecule has 25 heavy (non-hydrogen) atoms. The molecule has 128 valence electrons. The summed E-state index contributed by atoms with van der Waals surface area (Å²) in [4.78, 5) is 12.1. The van der Waals surface area contributed by atoms with Crippen LogP contribution < -0.4 is 10.6 Å². The number of hydrogen-bond acceptors (Lipinski definition) is 3. The number of carbonyl (C=O) groups excluding carboxylic acids is 1. The second-order valence-electron chi connectivity index (χ2n) is 5.08. The van der Waals surface area contributed by atoms with Gasteiger partial charge in [0.25, 0.3) is 5.91 Å². The second-order valence-corrected chi connectivity index (χ2v) is 5.92. The number of anilines is 1. The Hall–Kier alpha value is -2.55. The van der Waals surface area contributed by atoms with Crippen LogP contribution in [0.4, 0.5) is 10.1 Å². The molecule has 4 nitrogen and oxygen atoms in total. The van der Waals surface area contributed by atoms with Gasteiger partial charge in [-0.3, -0.25) is 4.79 Å². The minimum absolute atomic E-state index is 0.102. The van der Waals surface area contributed by atoms with Gasteiger partial charge in [0, 0.05) is 17.8 Å². The Morgan fingerprint density at radius 3 is 2.60 bits per heavy atom. The standard InChI is InChI=1S/C18H14Cl2FN3O/c19-14-3-6-16(20)17(9-14)24-18(25)13(10-22)11-23-8-7-12-1-4-15(21)5-2-12/h1-6,9,11,23H,7-8H2,(H,24,25)/b13-11-. The quantitative estimate of drug-likeness (QED) is 0.447. The summed E-state index contributed by atoms with van der Waals surface area (Å²) < 4.78 is 12.8. The average Bonchev–Trinajstić information content (AvgIpc) is 2.59. The molecule has 2 N–H and O–H groups in total. The Kier molecular flexibility index (Phi) is 6.81. The van der Waals surface area contributed by atoms with E-state index in [9.17, 15) is 9.18 Å². The van der Waals surface area contributed by atoms with Crippen molar-refractivity contribution in [3.63, 3.8) is 0 Å². The SMILES string of the molecule is N#C/C(=C/NCCc1ccc(F)cc1)C(=O)Nc1cc(Cl)ccc1Cl. The molecule has 2 rings (SSSR count). The summed E-state index contributed by atoms with van der Waals surface area (Å²) in [5.41, 5.74) is 1.16. The monoisotopic (exact) mass is 377 g/mol. The van der Waals surface area contributed by atoms with Crippen molar-refractivity contribution >= 4 is 34.8 Å². The lowest BCUT2D eigenvalue weighted by Gasteiger charge is -2.07. The van der Waals surface area contributed by atoms with Crippen LogP contribution in [0.25, 0.3) is 0 Å². The molecule has 0 radical (unpaired) electrons. The average molecular weight is 378 g/mol. The number of halogens is 3. The number of hydrogen-bond donors (Lipinski definition) is 2. The van der Waals surface area contributed by atoms with Gasteiger partial charge in [-0.1, -0.05) is 35.3 Å². The highest BCUT2D eigenvalue weighted by Gasteiger charge is 2.11. The number of rotatable bonds is 6. The predicted octanol–water partition coefficient (Wildman–Crippen LogP) is 4.31. The first-order chi connectivity index (χ1) is 12.0. The molecule has 0 aromatic heterocycles. The van der Waals surface area contributed by atoms with Crippen LogP contribution >= 0.6 is 23.2 Å². The predicted molar refractivity (Wildman–Crippen MR) is 96.9 cm³/mol. The molecule has 0 heterocycles. The first-order valence-corrected chi connectivity index (χ1v) is 8.09.